The first-order valence-electron chi connectivity index (χ1n) is 10.3. The van der Waals surface area contributed by atoms with Gasteiger partial charge in [-0.25, -0.2) is 0 Å². The minimum atomic E-state index is 0.0946. The predicted molar refractivity (Wildman–Crippen MR) is 104 cm³/mol. The van der Waals surface area contributed by atoms with Crippen LogP contribution in [0.5, 0.6) is 0 Å². The molecule has 4 heterocycles. The van der Waals surface area contributed by atoms with E-state index >= 15 is 0 Å². The Balaban J connectivity index is 1.40. The Bertz CT molecular complexity index is 833. The van der Waals surface area contributed by atoms with Crippen LogP contribution >= 0.6 is 0 Å². The van der Waals surface area contributed by atoms with Gasteiger partial charge in [-0.05, 0) is 38.6 Å². The van der Waals surface area contributed by atoms with Gasteiger partial charge < -0.3 is 9.42 Å². The van der Waals surface area contributed by atoms with Crippen molar-refractivity contribution in [3.8, 4) is 0 Å². The Morgan fingerprint density at radius 1 is 1.36 bits per heavy atom. The van der Waals surface area contributed by atoms with Crippen molar-refractivity contribution >= 4 is 5.91 Å². The number of rotatable bonds is 4. The van der Waals surface area contributed by atoms with Crippen LogP contribution in [0.25, 0.3) is 0 Å². The van der Waals surface area contributed by atoms with Gasteiger partial charge >= 0.3 is 0 Å². The molecule has 2 aliphatic rings. The predicted octanol–water partition coefficient (Wildman–Crippen LogP) is 2.71. The highest BCUT2D eigenvalue weighted by Gasteiger charge is 2.46. The molecule has 1 amide bonds. The van der Waals surface area contributed by atoms with Gasteiger partial charge in [0, 0.05) is 38.3 Å². The first-order chi connectivity index (χ1) is 13.4. The normalized spacial score (nSPS) is 22.5. The Morgan fingerprint density at radius 2 is 2.11 bits per heavy atom. The van der Waals surface area contributed by atoms with E-state index in [0.717, 1.165) is 51.3 Å². The Morgan fingerprint density at radius 3 is 2.71 bits per heavy atom. The minimum Gasteiger partial charge on any atom is -0.339 e. The summed E-state index contributed by atoms with van der Waals surface area (Å²) in [5.74, 6) is 1.84. The second-order valence-electron chi connectivity index (χ2n) is 8.66. The average molecular weight is 387 g/mol. The molecule has 0 saturated carbocycles. The summed E-state index contributed by atoms with van der Waals surface area (Å²) >= 11 is 0. The van der Waals surface area contributed by atoms with Crippen molar-refractivity contribution in [2.45, 2.75) is 58.5 Å². The van der Waals surface area contributed by atoms with E-state index in [1.807, 2.05) is 18.0 Å². The number of hydrogen-bond donors (Lipinski definition) is 0. The smallest absolute Gasteiger partial charge is 0.257 e. The summed E-state index contributed by atoms with van der Waals surface area (Å²) in [6, 6.07) is 0.196. The molecule has 2 aliphatic heterocycles. The van der Waals surface area contributed by atoms with E-state index in [1.165, 1.54) is 0 Å². The van der Waals surface area contributed by atoms with Crippen molar-refractivity contribution < 1.29 is 9.32 Å². The molecule has 8 nitrogen and oxygen atoms in total. The maximum Gasteiger partial charge on any atom is 0.257 e. The molecule has 1 atom stereocenters. The van der Waals surface area contributed by atoms with Crippen LogP contribution in [0, 0.1) is 5.41 Å². The molecule has 28 heavy (non-hydrogen) atoms. The molecule has 2 aromatic heterocycles. The fourth-order valence-electron chi connectivity index (χ4n) is 4.55. The molecular formula is C20H30N6O2. The third kappa shape index (κ3) is 3.45. The highest BCUT2D eigenvalue weighted by atomic mass is 16.5. The third-order valence-corrected chi connectivity index (χ3v) is 6.31. The highest BCUT2D eigenvalue weighted by molar-refractivity contribution is 5.93. The van der Waals surface area contributed by atoms with Crippen molar-refractivity contribution in [1.82, 2.24) is 29.7 Å². The maximum atomic E-state index is 12.8. The zero-order valence-corrected chi connectivity index (χ0v) is 17.3. The summed E-state index contributed by atoms with van der Waals surface area (Å²) in [5, 5.41) is 8.47. The minimum absolute atomic E-state index is 0.0946. The lowest BCUT2D eigenvalue weighted by Crippen LogP contribution is -2.44. The molecule has 0 radical (unpaired) electrons. The molecule has 152 valence electrons. The molecule has 0 bridgehead atoms. The summed E-state index contributed by atoms with van der Waals surface area (Å²) in [5.41, 5.74) is 0.912. The van der Waals surface area contributed by atoms with Gasteiger partial charge in [-0.15, -0.1) is 0 Å². The van der Waals surface area contributed by atoms with E-state index in [2.05, 4.69) is 41.0 Å². The summed E-state index contributed by atoms with van der Waals surface area (Å²) in [7, 11) is 2.14. The summed E-state index contributed by atoms with van der Waals surface area (Å²) < 4.78 is 7.22. The highest BCUT2D eigenvalue weighted by Crippen LogP contribution is 2.47. The number of amides is 1. The molecule has 2 fully saturated rings. The molecule has 0 aromatic carbocycles. The van der Waals surface area contributed by atoms with Crippen LogP contribution in [0.3, 0.4) is 0 Å². The van der Waals surface area contributed by atoms with Crippen molar-refractivity contribution in [2.75, 3.05) is 26.7 Å². The molecule has 0 N–H and O–H groups in total. The molecule has 1 unspecified atom stereocenters. The first kappa shape index (κ1) is 19.1. The van der Waals surface area contributed by atoms with Gasteiger partial charge in [-0.1, -0.05) is 19.0 Å². The topological polar surface area (TPSA) is 80.3 Å². The van der Waals surface area contributed by atoms with E-state index in [-0.39, 0.29) is 23.3 Å². The van der Waals surface area contributed by atoms with Crippen LogP contribution < -0.4 is 0 Å². The number of aryl methyl sites for hydroxylation is 1. The van der Waals surface area contributed by atoms with Crippen LogP contribution in [0.4, 0.5) is 0 Å². The Kier molecular flexibility index (Phi) is 4.99. The molecule has 0 aliphatic carbocycles. The molecule has 1 spiro atoms. The summed E-state index contributed by atoms with van der Waals surface area (Å²) in [4.78, 5) is 21.7. The van der Waals surface area contributed by atoms with E-state index < -0.39 is 0 Å². The third-order valence-electron chi connectivity index (χ3n) is 6.31. The summed E-state index contributed by atoms with van der Waals surface area (Å²) in [6.45, 7) is 9.52. The van der Waals surface area contributed by atoms with Crippen molar-refractivity contribution in [1.29, 1.82) is 0 Å². The molecule has 8 heteroatoms. The van der Waals surface area contributed by atoms with Crippen LogP contribution in [0.2, 0.25) is 0 Å². The molecular weight excluding hydrogens is 356 g/mol. The lowest BCUT2D eigenvalue weighted by molar-refractivity contribution is 0.0593. The first-order valence-corrected chi connectivity index (χ1v) is 10.3. The van der Waals surface area contributed by atoms with Crippen LogP contribution in [-0.2, 0) is 6.54 Å². The van der Waals surface area contributed by atoms with E-state index in [4.69, 9.17) is 4.52 Å². The second-order valence-corrected chi connectivity index (χ2v) is 8.66. The Labute approximate surface area is 165 Å². The van der Waals surface area contributed by atoms with Gasteiger partial charge in [0.05, 0.1) is 17.8 Å². The quantitative estimate of drug-likeness (QED) is 0.804. The van der Waals surface area contributed by atoms with Crippen molar-refractivity contribution in [3.63, 3.8) is 0 Å². The monoisotopic (exact) mass is 386 g/mol. The van der Waals surface area contributed by atoms with Gasteiger partial charge in [-0.3, -0.25) is 14.4 Å². The zero-order valence-electron chi connectivity index (χ0n) is 17.3. The second kappa shape index (κ2) is 7.31. The van der Waals surface area contributed by atoms with Gasteiger partial charge in [-0.2, -0.15) is 10.1 Å². The van der Waals surface area contributed by atoms with E-state index in [9.17, 15) is 4.79 Å². The number of aromatic nitrogens is 4. The fraction of sp³-hybridized carbons (Fsp3) is 0.700. The summed E-state index contributed by atoms with van der Waals surface area (Å²) in [6.07, 6.45) is 6.57. The number of carbonyl (C=O) groups is 1. The number of hydrogen-bond acceptors (Lipinski definition) is 6. The number of piperidine rings is 1. The lowest BCUT2D eigenvalue weighted by atomic mass is 9.76. The molecule has 4 rings (SSSR count). The lowest BCUT2D eigenvalue weighted by Gasteiger charge is -2.39. The number of carbonyl (C=O) groups excluding carboxylic acids is 1. The van der Waals surface area contributed by atoms with Crippen molar-refractivity contribution in [2.24, 2.45) is 5.41 Å². The van der Waals surface area contributed by atoms with Crippen molar-refractivity contribution in [3.05, 3.63) is 29.7 Å². The van der Waals surface area contributed by atoms with Crippen LogP contribution in [-0.4, -0.2) is 62.3 Å². The van der Waals surface area contributed by atoms with E-state index in [0.29, 0.717) is 11.5 Å². The SMILES string of the molecule is CCn1cc(C(=O)N2CCC3(CC2)CC(c2noc(C(C)C)n2)N(C)C3)cn1. The van der Waals surface area contributed by atoms with Crippen LogP contribution in [0.15, 0.2) is 16.9 Å². The van der Waals surface area contributed by atoms with Gasteiger partial charge in [0.25, 0.3) is 5.91 Å². The number of likely N-dealkylation sites (tertiary alicyclic amines) is 2. The van der Waals surface area contributed by atoms with Gasteiger partial charge in [0.1, 0.15) is 0 Å². The van der Waals surface area contributed by atoms with Gasteiger partial charge in [0.15, 0.2) is 5.82 Å². The average Bonchev–Trinajstić information content (AvgIpc) is 3.40. The van der Waals surface area contributed by atoms with E-state index in [1.54, 1.807) is 10.9 Å². The Hall–Kier alpha value is -2.22. The standard InChI is InChI=1S/C20H30N6O2/c1-5-26-12-15(11-21-26)19(27)25-8-6-20(7-9-25)10-16(24(4)13-20)17-22-18(14(2)3)28-23-17/h11-12,14,16H,5-10,13H2,1-4H3. The fourth-order valence-corrected chi connectivity index (χ4v) is 4.55. The number of nitrogens with zero attached hydrogens (tertiary/aromatic N) is 6. The maximum absolute atomic E-state index is 12.8. The van der Waals surface area contributed by atoms with Gasteiger partial charge in [0.2, 0.25) is 5.89 Å². The largest absolute Gasteiger partial charge is 0.339 e. The molecule has 2 aromatic rings. The van der Waals surface area contributed by atoms with Crippen LogP contribution in [0.1, 0.15) is 74.1 Å². The zero-order chi connectivity index (χ0) is 19.9. The molecule has 2 saturated heterocycles.